The predicted molar refractivity (Wildman–Crippen MR) is 80.8 cm³/mol. The van der Waals surface area contributed by atoms with Gasteiger partial charge in [-0.05, 0) is 24.3 Å². The summed E-state index contributed by atoms with van der Waals surface area (Å²) < 4.78 is 0. The number of carbonyl (C=O) groups is 1. The van der Waals surface area contributed by atoms with Gasteiger partial charge in [-0.2, -0.15) is 0 Å². The second-order valence-corrected chi connectivity index (χ2v) is 5.53. The zero-order valence-electron chi connectivity index (χ0n) is 10.9. The number of hydrogen-bond acceptors (Lipinski definition) is 5. The van der Waals surface area contributed by atoms with Crippen molar-refractivity contribution in [2.75, 3.05) is 5.32 Å². The van der Waals surface area contributed by atoms with Crippen molar-refractivity contribution in [1.82, 2.24) is 4.98 Å². The van der Waals surface area contributed by atoms with E-state index < -0.39 is 4.92 Å². The van der Waals surface area contributed by atoms with Crippen LogP contribution < -0.4 is 5.32 Å². The third-order valence-corrected chi connectivity index (χ3v) is 3.48. The number of nitro groups is 1. The van der Waals surface area contributed by atoms with E-state index in [0.717, 1.165) is 4.90 Å². The normalized spacial score (nSPS) is 10.2. The number of aromatic nitrogens is 1. The molecule has 2 rings (SSSR count). The zero-order chi connectivity index (χ0) is 15.4. The van der Waals surface area contributed by atoms with E-state index in [-0.39, 0.29) is 16.7 Å². The second-order valence-electron chi connectivity index (χ2n) is 4.05. The number of nitrogens with one attached hydrogen (secondary N) is 1. The topological polar surface area (TPSA) is 85.1 Å². The summed E-state index contributed by atoms with van der Waals surface area (Å²) in [7, 11) is 0. The lowest BCUT2D eigenvalue weighted by Crippen LogP contribution is -2.05. The Labute approximate surface area is 129 Å². The third kappa shape index (κ3) is 4.44. The van der Waals surface area contributed by atoms with E-state index in [2.05, 4.69) is 10.3 Å². The first-order valence-corrected chi connectivity index (χ1v) is 7.01. The quantitative estimate of drug-likeness (QED) is 0.526. The van der Waals surface area contributed by atoms with Crippen LogP contribution >= 0.6 is 23.4 Å². The van der Waals surface area contributed by atoms with Crippen LogP contribution in [-0.4, -0.2) is 15.8 Å². The summed E-state index contributed by atoms with van der Waals surface area (Å²) in [6.07, 6.45) is 0. The molecule has 0 bridgehead atoms. The number of anilines is 1. The minimum Gasteiger partial charge on any atom is -0.326 e. The van der Waals surface area contributed by atoms with Crippen molar-refractivity contribution in [3.63, 3.8) is 0 Å². The Kier molecular flexibility index (Phi) is 4.77. The van der Waals surface area contributed by atoms with Crippen molar-refractivity contribution >= 4 is 40.6 Å². The largest absolute Gasteiger partial charge is 0.326 e. The Hall–Kier alpha value is -2.12. The van der Waals surface area contributed by atoms with Gasteiger partial charge in [-0.1, -0.05) is 23.4 Å². The SMILES string of the molecule is CC(=O)Nc1ccc(Sc2cc([N+](=O)[O-])cc(Cl)n2)cc1. The van der Waals surface area contributed by atoms with Gasteiger partial charge in [0.2, 0.25) is 5.91 Å². The average molecular weight is 324 g/mol. The smallest absolute Gasteiger partial charge is 0.275 e. The first-order valence-electron chi connectivity index (χ1n) is 5.81. The molecule has 0 fully saturated rings. The highest BCUT2D eigenvalue weighted by Gasteiger charge is 2.11. The van der Waals surface area contributed by atoms with E-state index in [1.54, 1.807) is 24.3 Å². The first kappa shape index (κ1) is 15.3. The second kappa shape index (κ2) is 6.55. The fourth-order valence-electron chi connectivity index (χ4n) is 1.55. The fraction of sp³-hybridized carbons (Fsp3) is 0.0769. The fourth-order valence-corrected chi connectivity index (χ4v) is 2.64. The van der Waals surface area contributed by atoms with Gasteiger partial charge < -0.3 is 5.32 Å². The lowest BCUT2D eigenvalue weighted by molar-refractivity contribution is -0.385. The Balaban J connectivity index is 2.18. The standard InChI is InChI=1S/C13H10ClN3O3S/c1-8(18)15-9-2-4-11(5-3-9)21-13-7-10(17(19)20)6-12(14)16-13/h2-7H,1H3,(H,15,18). The van der Waals surface area contributed by atoms with Gasteiger partial charge in [0, 0.05) is 23.6 Å². The molecule has 0 aliphatic carbocycles. The summed E-state index contributed by atoms with van der Waals surface area (Å²) in [6, 6.07) is 9.60. The minimum absolute atomic E-state index is 0.0709. The number of carbonyl (C=O) groups excluding carboxylic acids is 1. The number of hydrogen-bond donors (Lipinski definition) is 1. The first-order chi connectivity index (χ1) is 9.94. The number of halogens is 1. The summed E-state index contributed by atoms with van der Waals surface area (Å²) >= 11 is 7.01. The van der Waals surface area contributed by atoms with Crippen molar-refractivity contribution in [3.05, 3.63) is 51.7 Å². The van der Waals surface area contributed by atoms with Crippen LogP contribution in [0.2, 0.25) is 5.15 Å². The lowest BCUT2D eigenvalue weighted by atomic mass is 10.3. The number of nitrogens with zero attached hydrogens (tertiary/aromatic N) is 2. The lowest BCUT2D eigenvalue weighted by Gasteiger charge is -2.04. The Morgan fingerprint density at radius 2 is 2.00 bits per heavy atom. The molecule has 0 aliphatic rings. The van der Waals surface area contributed by atoms with E-state index in [0.29, 0.717) is 10.7 Å². The van der Waals surface area contributed by atoms with Crippen molar-refractivity contribution in [3.8, 4) is 0 Å². The van der Waals surface area contributed by atoms with E-state index in [1.165, 1.54) is 30.8 Å². The molecule has 0 atom stereocenters. The highest BCUT2D eigenvalue weighted by atomic mass is 35.5. The summed E-state index contributed by atoms with van der Waals surface area (Å²) in [5.41, 5.74) is 0.573. The molecule has 1 aromatic carbocycles. The molecular formula is C13H10ClN3O3S. The van der Waals surface area contributed by atoms with Gasteiger partial charge in [0.25, 0.3) is 5.69 Å². The van der Waals surface area contributed by atoms with E-state index in [1.807, 2.05) is 0 Å². The van der Waals surface area contributed by atoms with Gasteiger partial charge in [0.15, 0.2) is 0 Å². The van der Waals surface area contributed by atoms with Crippen molar-refractivity contribution < 1.29 is 9.72 Å². The summed E-state index contributed by atoms with van der Waals surface area (Å²) in [4.78, 5) is 26.0. The van der Waals surface area contributed by atoms with Gasteiger partial charge in [-0.25, -0.2) is 4.98 Å². The molecule has 0 unspecified atom stereocenters. The van der Waals surface area contributed by atoms with E-state index in [4.69, 9.17) is 11.6 Å². The maximum Gasteiger partial charge on any atom is 0.275 e. The number of amides is 1. The zero-order valence-corrected chi connectivity index (χ0v) is 12.4. The molecular weight excluding hydrogens is 314 g/mol. The molecule has 0 spiro atoms. The van der Waals surface area contributed by atoms with Crippen molar-refractivity contribution in [1.29, 1.82) is 0 Å². The van der Waals surface area contributed by atoms with Gasteiger partial charge in [0.05, 0.1) is 11.0 Å². The van der Waals surface area contributed by atoms with Crippen molar-refractivity contribution in [2.24, 2.45) is 0 Å². The molecule has 1 heterocycles. The third-order valence-electron chi connectivity index (χ3n) is 2.36. The van der Waals surface area contributed by atoms with Crippen LogP contribution in [0, 0.1) is 10.1 Å². The molecule has 1 aromatic heterocycles. The molecule has 108 valence electrons. The van der Waals surface area contributed by atoms with E-state index >= 15 is 0 Å². The average Bonchev–Trinajstić information content (AvgIpc) is 2.39. The molecule has 6 nitrogen and oxygen atoms in total. The van der Waals surface area contributed by atoms with Gasteiger partial charge >= 0.3 is 0 Å². The van der Waals surface area contributed by atoms with Gasteiger partial charge in [-0.3, -0.25) is 14.9 Å². The van der Waals surface area contributed by atoms with Crippen LogP contribution in [0.3, 0.4) is 0 Å². The van der Waals surface area contributed by atoms with Crippen LogP contribution in [0.1, 0.15) is 6.92 Å². The van der Waals surface area contributed by atoms with Crippen LogP contribution in [0.25, 0.3) is 0 Å². The molecule has 1 amide bonds. The highest BCUT2D eigenvalue weighted by molar-refractivity contribution is 7.99. The van der Waals surface area contributed by atoms with Crippen LogP contribution in [0.4, 0.5) is 11.4 Å². The Bertz CT molecular complexity index is 692. The van der Waals surface area contributed by atoms with Crippen LogP contribution in [-0.2, 0) is 4.79 Å². The molecule has 0 saturated carbocycles. The Morgan fingerprint density at radius 1 is 1.33 bits per heavy atom. The van der Waals surface area contributed by atoms with Crippen LogP contribution in [0.5, 0.6) is 0 Å². The molecule has 0 radical (unpaired) electrons. The molecule has 21 heavy (non-hydrogen) atoms. The molecule has 2 aromatic rings. The maximum absolute atomic E-state index is 10.9. The Morgan fingerprint density at radius 3 is 2.57 bits per heavy atom. The van der Waals surface area contributed by atoms with Gasteiger partial charge in [0.1, 0.15) is 10.2 Å². The minimum atomic E-state index is -0.516. The summed E-state index contributed by atoms with van der Waals surface area (Å²) in [5, 5.41) is 13.9. The van der Waals surface area contributed by atoms with Crippen molar-refractivity contribution in [2.45, 2.75) is 16.8 Å². The highest BCUT2D eigenvalue weighted by Crippen LogP contribution is 2.30. The predicted octanol–water partition coefficient (Wildman–Crippen LogP) is 3.75. The van der Waals surface area contributed by atoms with Crippen LogP contribution in [0.15, 0.2) is 46.3 Å². The maximum atomic E-state index is 10.9. The summed E-state index contributed by atoms with van der Waals surface area (Å²) in [6.45, 7) is 1.43. The molecule has 0 saturated heterocycles. The monoisotopic (exact) mass is 323 g/mol. The number of benzene rings is 1. The molecule has 8 heteroatoms. The van der Waals surface area contributed by atoms with Gasteiger partial charge in [-0.15, -0.1) is 0 Å². The molecule has 1 N–H and O–H groups in total. The number of pyridine rings is 1. The van der Waals surface area contributed by atoms with E-state index in [9.17, 15) is 14.9 Å². The summed E-state index contributed by atoms with van der Waals surface area (Å²) in [5.74, 6) is -0.150. The molecule has 0 aliphatic heterocycles. The number of rotatable bonds is 4.